The molecule has 1 rings (SSSR count). The van der Waals surface area contributed by atoms with E-state index < -0.39 is 37.7 Å². The van der Waals surface area contributed by atoms with Crippen molar-refractivity contribution in [3.05, 3.63) is 35.4 Å². The van der Waals surface area contributed by atoms with Gasteiger partial charge in [-0.15, -0.1) is 0 Å². The highest BCUT2D eigenvalue weighted by Gasteiger charge is 2.34. The summed E-state index contributed by atoms with van der Waals surface area (Å²) in [5, 5.41) is 17.6. The molecule has 20 heavy (non-hydrogen) atoms. The smallest absolute Gasteiger partial charge is 0.406 e. The summed E-state index contributed by atoms with van der Waals surface area (Å²) < 4.78 is 37.1. The lowest BCUT2D eigenvalue weighted by molar-refractivity contribution is -0.141. The molecule has 8 heteroatoms. The maximum atomic E-state index is 12.4. The van der Waals surface area contributed by atoms with E-state index in [1.807, 2.05) is 0 Å². The SMILES string of the molecule is O=C(O)c1ccccc1C(=O)N(CCO)CC(F)(F)F. The Labute approximate surface area is 112 Å². The monoisotopic (exact) mass is 291 g/mol. The number of rotatable bonds is 5. The van der Waals surface area contributed by atoms with Crippen LogP contribution in [0.15, 0.2) is 24.3 Å². The van der Waals surface area contributed by atoms with Gasteiger partial charge in [0.15, 0.2) is 0 Å². The first-order chi connectivity index (χ1) is 9.26. The third-order valence-electron chi connectivity index (χ3n) is 2.42. The van der Waals surface area contributed by atoms with Gasteiger partial charge < -0.3 is 15.1 Å². The number of nitrogens with zero attached hydrogens (tertiary/aromatic N) is 1. The van der Waals surface area contributed by atoms with Crippen LogP contribution in [0.1, 0.15) is 20.7 Å². The Kier molecular flexibility index (Phi) is 5.09. The van der Waals surface area contributed by atoms with Gasteiger partial charge in [-0.05, 0) is 12.1 Å². The summed E-state index contributed by atoms with van der Waals surface area (Å²) in [6.07, 6.45) is -4.64. The van der Waals surface area contributed by atoms with E-state index in [0.717, 1.165) is 12.1 Å². The van der Waals surface area contributed by atoms with Gasteiger partial charge in [0.2, 0.25) is 0 Å². The first-order valence-electron chi connectivity index (χ1n) is 5.55. The molecular weight excluding hydrogens is 279 g/mol. The number of hydrogen-bond acceptors (Lipinski definition) is 3. The minimum absolute atomic E-state index is 0.349. The Morgan fingerprint density at radius 1 is 1.15 bits per heavy atom. The fraction of sp³-hybridized carbons (Fsp3) is 0.333. The minimum Gasteiger partial charge on any atom is -0.478 e. The van der Waals surface area contributed by atoms with E-state index in [-0.39, 0.29) is 11.1 Å². The van der Waals surface area contributed by atoms with Gasteiger partial charge in [-0.1, -0.05) is 12.1 Å². The van der Waals surface area contributed by atoms with E-state index >= 15 is 0 Å². The molecule has 0 unspecified atom stereocenters. The van der Waals surface area contributed by atoms with Gasteiger partial charge in [-0.3, -0.25) is 4.79 Å². The van der Waals surface area contributed by atoms with Crippen LogP contribution in [0.3, 0.4) is 0 Å². The predicted molar refractivity (Wildman–Crippen MR) is 62.4 cm³/mol. The number of halogens is 3. The number of aromatic carboxylic acids is 1. The Morgan fingerprint density at radius 2 is 1.70 bits per heavy atom. The standard InChI is InChI=1S/C12H12F3NO4/c13-12(14,15)7-16(5-6-17)10(18)8-3-1-2-4-9(8)11(19)20/h1-4,17H,5-7H2,(H,19,20). The lowest BCUT2D eigenvalue weighted by atomic mass is 10.1. The van der Waals surface area contributed by atoms with Crippen LogP contribution >= 0.6 is 0 Å². The first-order valence-corrected chi connectivity index (χ1v) is 5.55. The Balaban J connectivity index is 3.09. The van der Waals surface area contributed by atoms with E-state index in [0.29, 0.717) is 4.90 Å². The third-order valence-corrected chi connectivity index (χ3v) is 2.42. The van der Waals surface area contributed by atoms with Gasteiger partial charge in [0, 0.05) is 6.54 Å². The maximum absolute atomic E-state index is 12.4. The maximum Gasteiger partial charge on any atom is 0.406 e. The summed E-state index contributed by atoms with van der Waals surface area (Å²) in [7, 11) is 0. The molecule has 0 aromatic heterocycles. The van der Waals surface area contributed by atoms with Crippen LogP contribution in [-0.4, -0.2) is 52.9 Å². The highest BCUT2D eigenvalue weighted by Crippen LogP contribution is 2.19. The molecule has 0 bridgehead atoms. The molecule has 1 aromatic rings. The largest absolute Gasteiger partial charge is 0.478 e. The number of hydrogen-bond donors (Lipinski definition) is 2. The highest BCUT2D eigenvalue weighted by atomic mass is 19.4. The number of carboxylic acids is 1. The van der Waals surface area contributed by atoms with Crippen LogP contribution < -0.4 is 0 Å². The van der Waals surface area contributed by atoms with E-state index in [4.69, 9.17) is 10.2 Å². The van der Waals surface area contributed by atoms with Gasteiger partial charge in [-0.2, -0.15) is 13.2 Å². The molecule has 1 aromatic carbocycles. The number of carboxylic acid groups (broad SMARTS) is 1. The van der Waals surface area contributed by atoms with Crippen LogP contribution in [0.2, 0.25) is 0 Å². The van der Waals surface area contributed by atoms with Crippen molar-refractivity contribution in [3.8, 4) is 0 Å². The van der Waals surface area contributed by atoms with Crippen LogP contribution in [-0.2, 0) is 0 Å². The number of carbonyl (C=O) groups excluding carboxylic acids is 1. The summed E-state index contributed by atoms with van der Waals surface area (Å²) in [5.41, 5.74) is -0.736. The number of aliphatic hydroxyl groups is 1. The molecule has 0 aliphatic rings. The first kappa shape index (κ1) is 16.0. The van der Waals surface area contributed by atoms with Crippen molar-refractivity contribution in [1.29, 1.82) is 0 Å². The average molecular weight is 291 g/mol. The molecule has 0 saturated heterocycles. The molecule has 0 saturated carbocycles. The number of amides is 1. The fourth-order valence-corrected chi connectivity index (χ4v) is 1.62. The summed E-state index contributed by atoms with van der Waals surface area (Å²) in [4.78, 5) is 23.3. The van der Waals surface area contributed by atoms with E-state index in [2.05, 4.69) is 0 Å². The molecule has 0 aliphatic heterocycles. The second-order valence-electron chi connectivity index (χ2n) is 3.92. The molecule has 5 nitrogen and oxygen atoms in total. The molecule has 110 valence electrons. The van der Waals surface area contributed by atoms with Gasteiger partial charge in [0.25, 0.3) is 5.91 Å². The van der Waals surface area contributed by atoms with Crippen molar-refractivity contribution in [2.24, 2.45) is 0 Å². The fourth-order valence-electron chi connectivity index (χ4n) is 1.62. The normalized spacial score (nSPS) is 11.2. The molecule has 0 radical (unpaired) electrons. The minimum atomic E-state index is -4.64. The van der Waals surface area contributed by atoms with Gasteiger partial charge in [0.1, 0.15) is 6.54 Å². The van der Waals surface area contributed by atoms with Crippen LogP contribution in [0.4, 0.5) is 13.2 Å². The summed E-state index contributed by atoms with van der Waals surface area (Å²) in [6.45, 7) is -2.75. The van der Waals surface area contributed by atoms with Crippen molar-refractivity contribution in [1.82, 2.24) is 4.90 Å². The molecule has 2 N–H and O–H groups in total. The molecule has 1 amide bonds. The van der Waals surface area contributed by atoms with E-state index in [9.17, 15) is 22.8 Å². The van der Waals surface area contributed by atoms with Crippen molar-refractivity contribution in [2.75, 3.05) is 19.7 Å². The van der Waals surface area contributed by atoms with Crippen molar-refractivity contribution < 1.29 is 33.0 Å². The summed E-state index contributed by atoms with van der Waals surface area (Å²) in [5.74, 6) is -2.50. The van der Waals surface area contributed by atoms with Crippen LogP contribution in [0.25, 0.3) is 0 Å². The van der Waals surface area contributed by atoms with Crippen LogP contribution in [0, 0.1) is 0 Å². The van der Waals surface area contributed by atoms with Crippen molar-refractivity contribution in [2.45, 2.75) is 6.18 Å². The van der Waals surface area contributed by atoms with Crippen molar-refractivity contribution in [3.63, 3.8) is 0 Å². The number of alkyl halides is 3. The average Bonchev–Trinajstić information content (AvgIpc) is 2.36. The van der Waals surface area contributed by atoms with Gasteiger partial charge >= 0.3 is 12.1 Å². The Morgan fingerprint density at radius 3 is 2.15 bits per heavy atom. The Hall–Kier alpha value is -2.09. The predicted octanol–water partition coefficient (Wildman–Crippen LogP) is 1.38. The molecular formula is C12H12F3NO4. The quantitative estimate of drug-likeness (QED) is 0.859. The third kappa shape index (κ3) is 4.23. The van der Waals surface area contributed by atoms with Crippen molar-refractivity contribution >= 4 is 11.9 Å². The zero-order valence-corrected chi connectivity index (χ0v) is 10.2. The number of carbonyl (C=O) groups is 2. The molecule has 0 heterocycles. The second kappa shape index (κ2) is 6.38. The lowest BCUT2D eigenvalue weighted by Gasteiger charge is -2.23. The van der Waals surface area contributed by atoms with E-state index in [1.54, 1.807) is 0 Å². The molecule has 0 spiro atoms. The Bertz CT molecular complexity index is 502. The lowest BCUT2D eigenvalue weighted by Crippen LogP contribution is -2.41. The molecule has 0 fully saturated rings. The zero-order valence-electron chi connectivity index (χ0n) is 10.2. The van der Waals surface area contributed by atoms with Gasteiger partial charge in [0.05, 0.1) is 17.7 Å². The second-order valence-corrected chi connectivity index (χ2v) is 3.92. The number of aliphatic hydroxyl groups excluding tert-OH is 1. The van der Waals surface area contributed by atoms with E-state index in [1.165, 1.54) is 12.1 Å². The highest BCUT2D eigenvalue weighted by molar-refractivity contribution is 6.04. The zero-order chi connectivity index (χ0) is 15.3. The topological polar surface area (TPSA) is 77.8 Å². The summed E-state index contributed by atoms with van der Waals surface area (Å²) in [6, 6.07) is 4.97. The van der Waals surface area contributed by atoms with Gasteiger partial charge in [-0.25, -0.2) is 4.79 Å². The van der Waals surface area contributed by atoms with Crippen LogP contribution in [0.5, 0.6) is 0 Å². The molecule has 0 atom stereocenters. The number of benzene rings is 1. The summed E-state index contributed by atoms with van der Waals surface area (Å²) >= 11 is 0. The molecule has 0 aliphatic carbocycles.